The SMILES string of the molecule is CC(C)(CNC1CCN(C2CC2)C1)NC(=O)OC(C)(C)C. The normalized spacial score (nSPS) is 24.1. The molecule has 21 heavy (non-hydrogen) atoms. The summed E-state index contributed by atoms with van der Waals surface area (Å²) in [6.07, 6.45) is 3.61. The highest BCUT2D eigenvalue weighted by Crippen LogP contribution is 2.29. The van der Waals surface area contributed by atoms with Crippen LogP contribution >= 0.6 is 0 Å². The van der Waals surface area contributed by atoms with Crippen molar-refractivity contribution in [3.05, 3.63) is 0 Å². The fraction of sp³-hybridized carbons (Fsp3) is 0.938. The standard InChI is InChI=1S/C16H31N3O2/c1-15(2,3)21-14(20)18-16(4,5)11-17-12-8-9-19(10-12)13-6-7-13/h12-13,17H,6-11H2,1-5H3,(H,18,20). The fourth-order valence-corrected chi connectivity index (χ4v) is 2.75. The van der Waals surface area contributed by atoms with Gasteiger partial charge in [-0.1, -0.05) is 0 Å². The molecule has 5 heteroatoms. The monoisotopic (exact) mass is 297 g/mol. The number of ether oxygens (including phenoxy) is 1. The predicted octanol–water partition coefficient (Wildman–Crippen LogP) is 2.12. The third kappa shape index (κ3) is 5.83. The van der Waals surface area contributed by atoms with Gasteiger partial charge in [0, 0.05) is 31.7 Å². The summed E-state index contributed by atoms with van der Waals surface area (Å²) in [5, 5.41) is 6.54. The molecule has 2 rings (SSSR count). The van der Waals surface area contributed by atoms with E-state index in [1.165, 1.54) is 25.8 Å². The van der Waals surface area contributed by atoms with Crippen molar-refractivity contribution in [3.8, 4) is 0 Å². The van der Waals surface area contributed by atoms with Gasteiger partial charge in [0.2, 0.25) is 0 Å². The molecule has 0 aromatic rings. The van der Waals surface area contributed by atoms with Crippen LogP contribution in [0.25, 0.3) is 0 Å². The number of likely N-dealkylation sites (tertiary alicyclic amines) is 1. The van der Waals surface area contributed by atoms with E-state index in [1.54, 1.807) is 0 Å². The lowest BCUT2D eigenvalue weighted by Crippen LogP contribution is -2.53. The maximum absolute atomic E-state index is 11.9. The van der Waals surface area contributed by atoms with E-state index in [1.807, 2.05) is 34.6 Å². The summed E-state index contributed by atoms with van der Waals surface area (Å²) in [4.78, 5) is 14.4. The number of hydrogen-bond acceptors (Lipinski definition) is 4. The molecule has 1 atom stereocenters. The number of carbonyl (C=O) groups is 1. The Morgan fingerprint density at radius 1 is 1.19 bits per heavy atom. The van der Waals surface area contributed by atoms with Gasteiger partial charge in [-0.15, -0.1) is 0 Å². The van der Waals surface area contributed by atoms with Crippen molar-refractivity contribution < 1.29 is 9.53 Å². The summed E-state index contributed by atoms with van der Waals surface area (Å²) >= 11 is 0. The molecule has 1 aliphatic heterocycles. The van der Waals surface area contributed by atoms with Crippen LogP contribution in [0.15, 0.2) is 0 Å². The van der Waals surface area contributed by atoms with E-state index < -0.39 is 5.60 Å². The molecule has 0 bridgehead atoms. The lowest BCUT2D eigenvalue weighted by Gasteiger charge is -2.30. The van der Waals surface area contributed by atoms with Crippen molar-refractivity contribution >= 4 is 6.09 Å². The Labute approximate surface area is 128 Å². The minimum Gasteiger partial charge on any atom is -0.444 e. The number of rotatable bonds is 5. The van der Waals surface area contributed by atoms with Gasteiger partial charge in [-0.2, -0.15) is 0 Å². The zero-order valence-corrected chi connectivity index (χ0v) is 14.2. The first-order chi connectivity index (χ1) is 9.65. The number of nitrogens with one attached hydrogen (secondary N) is 2. The first-order valence-corrected chi connectivity index (χ1v) is 8.13. The topological polar surface area (TPSA) is 53.6 Å². The number of nitrogens with zero attached hydrogens (tertiary/aromatic N) is 1. The fourth-order valence-electron chi connectivity index (χ4n) is 2.75. The van der Waals surface area contributed by atoms with E-state index in [-0.39, 0.29) is 11.6 Å². The Morgan fingerprint density at radius 3 is 2.43 bits per heavy atom. The second-order valence-corrected chi connectivity index (χ2v) is 8.10. The van der Waals surface area contributed by atoms with E-state index in [2.05, 4.69) is 15.5 Å². The van der Waals surface area contributed by atoms with Gasteiger partial charge in [-0.3, -0.25) is 4.90 Å². The zero-order valence-electron chi connectivity index (χ0n) is 14.2. The molecular formula is C16H31N3O2. The first kappa shape index (κ1) is 16.6. The minimum absolute atomic E-state index is 0.310. The zero-order chi connectivity index (χ0) is 15.7. The van der Waals surface area contributed by atoms with Crippen molar-refractivity contribution in [1.82, 2.24) is 15.5 Å². The Balaban J connectivity index is 1.69. The Kier molecular flexibility index (Phi) is 4.83. The van der Waals surface area contributed by atoms with Gasteiger partial charge in [-0.05, 0) is 53.9 Å². The molecule has 2 N–H and O–H groups in total. The van der Waals surface area contributed by atoms with E-state index in [0.717, 1.165) is 19.1 Å². The second-order valence-electron chi connectivity index (χ2n) is 8.10. The number of carbonyl (C=O) groups excluding carboxylic acids is 1. The van der Waals surface area contributed by atoms with Crippen LogP contribution in [0.3, 0.4) is 0 Å². The van der Waals surface area contributed by atoms with Crippen molar-refractivity contribution in [1.29, 1.82) is 0 Å². The van der Waals surface area contributed by atoms with E-state index in [9.17, 15) is 4.79 Å². The van der Waals surface area contributed by atoms with Gasteiger partial charge in [-0.25, -0.2) is 4.79 Å². The Morgan fingerprint density at radius 2 is 1.86 bits per heavy atom. The largest absolute Gasteiger partial charge is 0.444 e. The molecule has 0 spiro atoms. The summed E-state index contributed by atoms with van der Waals surface area (Å²) in [6.45, 7) is 12.8. The molecule has 0 aromatic heterocycles. The Hall–Kier alpha value is -0.810. The molecule has 0 radical (unpaired) electrons. The third-order valence-electron chi connectivity index (χ3n) is 3.95. The minimum atomic E-state index is -0.455. The lowest BCUT2D eigenvalue weighted by molar-refractivity contribution is 0.0471. The number of hydrogen-bond donors (Lipinski definition) is 2. The first-order valence-electron chi connectivity index (χ1n) is 8.13. The smallest absolute Gasteiger partial charge is 0.408 e. The van der Waals surface area contributed by atoms with Gasteiger partial charge < -0.3 is 15.4 Å². The van der Waals surface area contributed by atoms with Crippen molar-refractivity contribution in [2.75, 3.05) is 19.6 Å². The molecule has 1 saturated heterocycles. The maximum atomic E-state index is 11.9. The van der Waals surface area contributed by atoms with Gasteiger partial charge in [0.1, 0.15) is 5.60 Å². The summed E-state index contributed by atoms with van der Waals surface area (Å²) in [5.74, 6) is 0. The van der Waals surface area contributed by atoms with Gasteiger partial charge in [0.05, 0.1) is 5.54 Å². The van der Waals surface area contributed by atoms with Gasteiger partial charge in [0.25, 0.3) is 0 Å². The predicted molar refractivity (Wildman–Crippen MR) is 84.5 cm³/mol. The molecule has 1 saturated carbocycles. The average Bonchev–Trinajstić information content (AvgIpc) is 3.03. The molecule has 0 aromatic carbocycles. The summed E-state index contributed by atoms with van der Waals surface area (Å²) in [6, 6.07) is 1.40. The highest BCUT2D eigenvalue weighted by molar-refractivity contribution is 5.68. The van der Waals surface area contributed by atoms with Crippen molar-refractivity contribution in [2.24, 2.45) is 0 Å². The van der Waals surface area contributed by atoms with Crippen LogP contribution in [0.4, 0.5) is 4.79 Å². The molecule has 2 fully saturated rings. The van der Waals surface area contributed by atoms with Crippen LogP contribution < -0.4 is 10.6 Å². The van der Waals surface area contributed by atoms with Crippen molar-refractivity contribution in [3.63, 3.8) is 0 Å². The number of alkyl carbamates (subject to hydrolysis) is 1. The highest BCUT2D eigenvalue weighted by Gasteiger charge is 2.35. The lowest BCUT2D eigenvalue weighted by atomic mass is 10.1. The second kappa shape index (κ2) is 6.13. The Bertz CT molecular complexity index is 372. The van der Waals surface area contributed by atoms with Crippen LogP contribution in [-0.2, 0) is 4.74 Å². The molecule has 1 heterocycles. The van der Waals surface area contributed by atoms with Gasteiger partial charge in [0.15, 0.2) is 0 Å². The van der Waals surface area contributed by atoms with E-state index in [4.69, 9.17) is 4.74 Å². The summed E-state index contributed by atoms with van der Waals surface area (Å²) in [7, 11) is 0. The maximum Gasteiger partial charge on any atom is 0.408 e. The summed E-state index contributed by atoms with van der Waals surface area (Å²) in [5.41, 5.74) is -0.765. The average molecular weight is 297 g/mol. The quantitative estimate of drug-likeness (QED) is 0.816. The molecule has 1 unspecified atom stereocenters. The molecule has 122 valence electrons. The van der Waals surface area contributed by atoms with Gasteiger partial charge >= 0.3 is 6.09 Å². The van der Waals surface area contributed by atoms with E-state index >= 15 is 0 Å². The van der Waals surface area contributed by atoms with Crippen LogP contribution in [0.5, 0.6) is 0 Å². The molecule has 1 aliphatic carbocycles. The molecule has 1 amide bonds. The molecular weight excluding hydrogens is 266 g/mol. The van der Waals surface area contributed by atoms with E-state index in [0.29, 0.717) is 6.04 Å². The van der Waals surface area contributed by atoms with Crippen LogP contribution in [0.1, 0.15) is 53.9 Å². The highest BCUT2D eigenvalue weighted by atomic mass is 16.6. The van der Waals surface area contributed by atoms with Crippen LogP contribution in [0.2, 0.25) is 0 Å². The van der Waals surface area contributed by atoms with Crippen molar-refractivity contribution in [2.45, 2.75) is 77.1 Å². The summed E-state index contributed by atoms with van der Waals surface area (Å²) < 4.78 is 5.32. The third-order valence-corrected chi connectivity index (χ3v) is 3.95. The van der Waals surface area contributed by atoms with Crippen LogP contribution in [0, 0.1) is 0 Å². The number of amides is 1. The van der Waals surface area contributed by atoms with Crippen LogP contribution in [-0.4, -0.2) is 53.9 Å². The molecule has 5 nitrogen and oxygen atoms in total. The molecule has 2 aliphatic rings.